The third kappa shape index (κ3) is 12.8. The van der Waals surface area contributed by atoms with Crippen LogP contribution in [0.5, 0.6) is 0 Å². The Balaban J connectivity index is 0.000000144. The molecule has 0 atom stereocenters. The van der Waals surface area contributed by atoms with Crippen LogP contribution in [-0.4, -0.2) is 0 Å². The summed E-state index contributed by atoms with van der Waals surface area (Å²) in [7, 11) is 0. The first-order chi connectivity index (χ1) is 60.9. The van der Waals surface area contributed by atoms with E-state index in [-0.39, 0.29) is 29.1 Å². The average molecular weight is 1770 g/mol. The quantitative estimate of drug-likeness (QED) is 0.164. The largest absolute Gasteiger partial charge is 0.356 e. The van der Waals surface area contributed by atoms with E-state index < -0.39 is 5.41 Å². The summed E-state index contributed by atoms with van der Waals surface area (Å²) in [5.74, 6) is 0. The van der Waals surface area contributed by atoms with Crippen molar-refractivity contribution >= 4 is 98.9 Å². The second-order valence-electron chi connectivity index (χ2n) is 38.4. The van der Waals surface area contributed by atoms with E-state index in [0.717, 1.165) is 54.4 Å². The van der Waals surface area contributed by atoms with Crippen molar-refractivity contribution in [2.24, 2.45) is 0 Å². The van der Waals surface area contributed by atoms with E-state index in [1.807, 2.05) is 0 Å². The van der Waals surface area contributed by atoms with E-state index in [0.29, 0.717) is 0 Å². The summed E-state index contributed by atoms with van der Waals surface area (Å²) in [5, 5.41) is 8.82. The minimum absolute atomic E-state index is 0. The van der Waals surface area contributed by atoms with Gasteiger partial charge in [0.15, 0.2) is 0 Å². The number of hydrogen-bond acceptors (Lipinski definition) is 3. The number of anilines is 8. The van der Waals surface area contributed by atoms with Crippen LogP contribution in [0.1, 0.15) is 148 Å². The Bertz CT molecular complexity index is 7290. The van der Waals surface area contributed by atoms with Crippen LogP contribution in [-0.2, 0) is 27.1 Å². The molecule has 0 heterocycles. The smallest absolute Gasteiger partial charge is 0.0727 e. The Morgan fingerprint density at radius 2 is 0.504 bits per heavy atom. The number of benzene rings is 18. The molecule has 1 N–H and O–H groups in total. The van der Waals surface area contributed by atoms with Gasteiger partial charge < -0.3 is 15.1 Å². The minimum atomic E-state index is -0.648. The number of nitrogens with zero attached hydrogens (tertiary/aromatic N) is 2. The molecule has 5 heteroatoms. The fourth-order valence-electron chi connectivity index (χ4n) is 21.6. The van der Waals surface area contributed by atoms with Gasteiger partial charge in [-0.05, 0) is 342 Å². The molecule has 0 radical (unpaired) electrons. The van der Waals surface area contributed by atoms with Crippen molar-refractivity contribution < 1.29 is 0 Å². The van der Waals surface area contributed by atoms with Gasteiger partial charge in [0.2, 0.25) is 0 Å². The second kappa shape index (κ2) is 30.3. The normalized spacial score (nSPS) is 13.3. The standard InChI is InChI=1S/C69H58N2.C35H18Br2.C17H21N.CH4/c1-43-20-28-47(29-21-43)70(49-32-24-45(25-33-49)67(3,4)5)51-36-38-55-56-39-37-52(71(48-30-22-44(2)23-31-48)50-34-26-46(27-35-50)68(6,7)8)41-63(56)69(62(55)40-51)61-19-12-11-16-58(61)66-59-18-13-17-57-53-14-9-10-15-54(53)60(65(57)59)42-64(66)69;36-19-12-14-23-24-15-13-20(37)17-31(24)35(30(23)16-19)29-11-4-3-8-26(29)34-27-10-5-9-25-21-6-1-2-7-22(21)28(33(25)27)18-32(34)35;1-13-5-9-15(10-6-13)18-16-11-7-14(8-12-16)17(2,3)4;/h9-42H,1-8H3;1-18H;5-12,18H,1-4H3;1H4. The molecule has 18 aromatic rings. The van der Waals surface area contributed by atoms with Crippen molar-refractivity contribution in [1.82, 2.24) is 0 Å². The van der Waals surface area contributed by atoms with Crippen LogP contribution in [0.15, 0.2) is 373 Å². The summed E-state index contributed by atoms with van der Waals surface area (Å²) >= 11 is 7.65. The number of aryl methyl sites for hydroxylation is 3. The van der Waals surface area contributed by atoms with Gasteiger partial charge in [-0.15, -0.1) is 0 Å². The SMILES string of the molecule is Brc1ccc2c(c1)C1(c3cc(Br)ccc3-2)c2ccccc2-c2c1cc1c3c(cccc23)-c2ccccc2-1.C.Cc1ccc(N(c2ccc(C(C)(C)C)cc2)c2ccc3c(c2)C2(c4cc(N(c5ccc(C)cc5)c5ccc(C(C)(C)C)cc5)ccc4-3)c3ccccc3-c3c2cc2c4c(cccc34)-c3ccccc3-2)cc1.Cc1ccc(Nc2ccc(C(C)(C)C)cc2)cc1. The topological polar surface area (TPSA) is 18.5 Å². The number of nitrogens with one attached hydrogen (secondary N) is 1. The molecule has 127 heavy (non-hydrogen) atoms. The van der Waals surface area contributed by atoms with Crippen LogP contribution in [0.3, 0.4) is 0 Å². The number of rotatable bonds is 8. The molecule has 618 valence electrons. The molecule has 0 saturated heterocycles. The first-order valence-electron chi connectivity index (χ1n) is 44.3. The molecule has 0 bridgehead atoms. The van der Waals surface area contributed by atoms with Crippen molar-refractivity contribution in [3.05, 3.63) is 451 Å². The molecule has 18 aromatic carbocycles. The highest BCUT2D eigenvalue weighted by Gasteiger charge is 2.55. The Hall–Kier alpha value is -13.2. The number of halogens is 2. The average Bonchev–Trinajstić information content (AvgIpc) is 1.50. The van der Waals surface area contributed by atoms with Crippen LogP contribution in [0.25, 0.3) is 111 Å². The van der Waals surface area contributed by atoms with E-state index in [1.54, 1.807) is 0 Å². The summed E-state index contributed by atoms with van der Waals surface area (Å²) in [4.78, 5) is 4.91. The van der Waals surface area contributed by atoms with Gasteiger partial charge in [0.1, 0.15) is 0 Å². The van der Waals surface area contributed by atoms with Gasteiger partial charge in [0, 0.05) is 54.4 Å². The maximum atomic E-state index is 3.82. The fraction of sp³-hybridized carbons (Fsp3) is 0.148. The zero-order valence-electron chi connectivity index (χ0n) is 73.3. The molecule has 24 rings (SSSR count). The number of hydrogen-bond donors (Lipinski definition) is 1. The first-order valence-corrected chi connectivity index (χ1v) is 45.9. The van der Waals surface area contributed by atoms with Crippen LogP contribution in [0.2, 0.25) is 0 Å². The third-order valence-corrected chi connectivity index (χ3v) is 28.7. The van der Waals surface area contributed by atoms with Crippen molar-refractivity contribution in [3.63, 3.8) is 0 Å². The van der Waals surface area contributed by atoms with Gasteiger partial charge in [0.05, 0.1) is 10.8 Å². The zero-order valence-corrected chi connectivity index (χ0v) is 76.5. The van der Waals surface area contributed by atoms with E-state index >= 15 is 0 Å². The lowest BCUT2D eigenvalue weighted by Gasteiger charge is -2.34. The molecular weight excluding hydrogens is 1670 g/mol. The van der Waals surface area contributed by atoms with E-state index in [1.165, 1.54) is 188 Å². The summed E-state index contributed by atoms with van der Waals surface area (Å²) in [5.41, 5.74) is 48.0. The van der Waals surface area contributed by atoms with Crippen LogP contribution in [0, 0.1) is 20.8 Å². The summed E-state index contributed by atoms with van der Waals surface area (Å²) in [6.07, 6.45) is 0. The lowest BCUT2D eigenvalue weighted by molar-refractivity contribution is 0.590. The fourth-order valence-corrected chi connectivity index (χ4v) is 22.4. The third-order valence-electron chi connectivity index (χ3n) is 27.7. The molecule has 0 amide bonds. The molecule has 0 aliphatic heterocycles. The van der Waals surface area contributed by atoms with Crippen molar-refractivity contribution in [1.29, 1.82) is 0 Å². The molecular formula is C122H101Br2N3. The van der Waals surface area contributed by atoms with Gasteiger partial charge in [-0.2, -0.15) is 0 Å². The molecule has 6 aliphatic carbocycles. The maximum absolute atomic E-state index is 3.82. The predicted molar refractivity (Wildman–Crippen MR) is 547 cm³/mol. The zero-order chi connectivity index (χ0) is 86.2. The van der Waals surface area contributed by atoms with Crippen LogP contribution in [0.4, 0.5) is 45.5 Å². The van der Waals surface area contributed by atoms with E-state index in [9.17, 15) is 0 Å². The van der Waals surface area contributed by atoms with E-state index in [2.05, 4.69) is 494 Å². The van der Waals surface area contributed by atoms with Crippen molar-refractivity contribution in [2.45, 2.75) is 118 Å². The predicted octanol–water partition coefficient (Wildman–Crippen LogP) is 35.0. The lowest BCUT2D eigenvalue weighted by Crippen LogP contribution is -2.26. The van der Waals surface area contributed by atoms with Crippen LogP contribution >= 0.6 is 31.9 Å². The first kappa shape index (κ1) is 80.9. The summed E-state index contributed by atoms with van der Waals surface area (Å²) in [6, 6.07) is 137. The molecule has 2 spiro atoms. The van der Waals surface area contributed by atoms with Gasteiger partial charge in [-0.1, -0.05) is 349 Å². The highest BCUT2D eigenvalue weighted by atomic mass is 79.9. The molecule has 3 nitrogen and oxygen atoms in total. The minimum Gasteiger partial charge on any atom is -0.356 e. The maximum Gasteiger partial charge on any atom is 0.0727 e. The van der Waals surface area contributed by atoms with Gasteiger partial charge >= 0.3 is 0 Å². The van der Waals surface area contributed by atoms with Gasteiger partial charge in [0.25, 0.3) is 0 Å². The second-order valence-corrected chi connectivity index (χ2v) is 40.3. The Labute approximate surface area is 765 Å². The Kier molecular flexibility index (Phi) is 19.3. The van der Waals surface area contributed by atoms with Gasteiger partial charge in [-0.3, -0.25) is 0 Å². The summed E-state index contributed by atoms with van der Waals surface area (Å²) in [6.45, 7) is 26.9. The highest BCUT2D eigenvalue weighted by Crippen LogP contribution is 2.69. The molecule has 0 unspecified atom stereocenters. The molecule has 0 fully saturated rings. The van der Waals surface area contributed by atoms with E-state index in [4.69, 9.17) is 0 Å². The summed E-state index contributed by atoms with van der Waals surface area (Å²) < 4.78 is 2.22. The molecule has 0 aromatic heterocycles. The van der Waals surface area contributed by atoms with Crippen molar-refractivity contribution in [2.75, 3.05) is 15.1 Å². The Morgan fingerprint density at radius 3 is 0.858 bits per heavy atom. The molecule has 0 saturated carbocycles. The monoisotopic (exact) mass is 1770 g/mol. The lowest BCUT2D eigenvalue weighted by atomic mass is 9.70. The Morgan fingerprint density at radius 1 is 0.228 bits per heavy atom. The number of fused-ring (bicyclic) bond motifs is 28. The van der Waals surface area contributed by atoms with Crippen LogP contribution < -0.4 is 15.1 Å². The highest BCUT2D eigenvalue weighted by molar-refractivity contribution is 9.10. The molecule has 6 aliphatic rings. The van der Waals surface area contributed by atoms with Crippen molar-refractivity contribution in [3.8, 4) is 89.0 Å². The van der Waals surface area contributed by atoms with Gasteiger partial charge in [-0.25, -0.2) is 0 Å².